The van der Waals surface area contributed by atoms with Crippen LogP contribution >= 0.6 is 7.82 Å². The van der Waals surface area contributed by atoms with Crippen molar-refractivity contribution in [2.24, 2.45) is 23.7 Å². The Morgan fingerprint density at radius 3 is 2.33 bits per heavy atom. The van der Waals surface area contributed by atoms with Gasteiger partial charge in [0.2, 0.25) is 0 Å². The normalized spacial score (nSPS) is 28.7. The van der Waals surface area contributed by atoms with Gasteiger partial charge in [-0.3, -0.25) is 4.52 Å². The average molecular weight is 361 g/mol. The van der Waals surface area contributed by atoms with E-state index in [-0.39, 0.29) is 11.8 Å². The summed E-state index contributed by atoms with van der Waals surface area (Å²) in [5.41, 5.74) is 0. The van der Waals surface area contributed by atoms with E-state index in [1.54, 1.807) is 0 Å². The minimum atomic E-state index is -4.51. The van der Waals surface area contributed by atoms with Gasteiger partial charge in [-0.15, -0.1) is 0 Å². The maximum Gasteiger partial charge on any atom is 0.470 e. The molecule has 0 aliphatic heterocycles. The zero-order valence-corrected chi connectivity index (χ0v) is 16.6. The minimum absolute atomic E-state index is 0.0650. The lowest BCUT2D eigenvalue weighted by Crippen LogP contribution is -2.46. The van der Waals surface area contributed by atoms with Gasteiger partial charge in [0.15, 0.2) is 0 Å². The summed E-state index contributed by atoms with van der Waals surface area (Å²) in [6, 6.07) is 2.31. The van der Waals surface area contributed by atoms with Gasteiger partial charge in [-0.05, 0) is 37.5 Å². The molecule has 1 aliphatic rings. The lowest BCUT2D eigenvalue weighted by molar-refractivity contribution is -0.873. The van der Waals surface area contributed by atoms with Crippen molar-refractivity contribution in [2.45, 2.75) is 52.1 Å². The lowest BCUT2D eigenvalue weighted by Gasteiger charge is -2.35. The molecule has 0 aromatic rings. The van der Waals surface area contributed by atoms with Gasteiger partial charge < -0.3 is 14.3 Å². The van der Waals surface area contributed by atoms with Crippen LogP contribution in [-0.2, 0) is 9.09 Å². The SMILES string of the molecule is CC(C#N)CC1CCC(C)C(C(C[N+](C)(C)C)OP(=O)(O)O)CC1. The van der Waals surface area contributed by atoms with E-state index in [9.17, 15) is 14.4 Å². The Balaban J connectivity index is 2.85. The van der Waals surface area contributed by atoms with Crippen LogP contribution in [0.25, 0.3) is 0 Å². The van der Waals surface area contributed by atoms with Crippen LogP contribution in [0.1, 0.15) is 46.0 Å². The molecule has 0 spiro atoms. The topological polar surface area (TPSA) is 90.5 Å². The lowest BCUT2D eigenvalue weighted by atomic mass is 9.84. The number of phosphoric ester groups is 1. The second-order valence-corrected chi connectivity index (χ2v) is 9.73. The molecule has 0 saturated heterocycles. The van der Waals surface area contributed by atoms with Crippen molar-refractivity contribution in [3.05, 3.63) is 0 Å². The number of quaternary nitrogens is 1. The van der Waals surface area contributed by atoms with Gasteiger partial charge in [-0.25, -0.2) is 4.57 Å². The number of nitrogens with zero attached hydrogens (tertiary/aromatic N) is 2. The maximum absolute atomic E-state index is 11.4. The van der Waals surface area contributed by atoms with Crippen molar-refractivity contribution >= 4 is 7.82 Å². The van der Waals surface area contributed by atoms with E-state index in [0.717, 1.165) is 32.1 Å². The molecule has 1 aliphatic carbocycles. The molecular weight excluding hydrogens is 327 g/mol. The highest BCUT2D eigenvalue weighted by Crippen LogP contribution is 2.44. The third-order valence-electron chi connectivity index (χ3n) is 5.05. The molecule has 0 aromatic carbocycles. The largest absolute Gasteiger partial charge is 0.470 e. The Hall–Kier alpha value is -0.440. The van der Waals surface area contributed by atoms with Crippen LogP contribution in [0.3, 0.4) is 0 Å². The predicted molar refractivity (Wildman–Crippen MR) is 93.8 cm³/mol. The maximum atomic E-state index is 11.4. The molecule has 2 N–H and O–H groups in total. The fourth-order valence-electron chi connectivity index (χ4n) is 3.87. The van der Waals surface area contributed by atoms with Crippen LogP contribution in [-0.4, -0.2) is 48.1 Å². The Bertz CT molecular complexity index is 480. The van der Waals surface area contributed by atoms with Gasteiger partial charge >= 0.3 is 7.82 Å². The van der Waals surface area contributed by atoms with Gasteiger partial charge in [-0.1, -0.05) is 26.2 Å². The second kappa shape index (κ2) is 8.78. The Morgan fingerprint density at radius 2 is 1.83 bits per heavy atom. The predicted octanol–water partition coefficient (Wildman–Crippen LogP) is 3.16. The molecule has 0 aromatic heterocycles. The molecule has 5 unspecified atom stereocenters. The van der Waals surface area contributed by atoms with Crippen molar-refractivity contribution in [3.8, 4) is 6.07 Å². The molecule has 1 fully saturated rings. The molecule has 1 rings (SSSR count). The zero-order chi connectivity index (χ0) is 18.5. The first-order chi connectivity index (χ1) is 10.9. The second-order valence-electron chi connectivity index (χ2n) is 8.54. The Labute approximate surface area is 146 Å². The van der Waals surface area contributed by atoms with Crippen LogP contribution < -0.4 is 0 Å². The molecule has 0 bridgehead atoms. The van der Waals surface area contributed by atoms with E-state index >= 15 is 0 Å². The molecule has 24 heavy (non-hydrogen) atoms. The number of nitriles is 1. The first kappa shape index (κ1) is 21.6. The van der Waals surface area contributed by atoms with Crippen molar-refractivity contribution < 1.29 is 23.4 Å². The molecule has 0 heterocycles. The summed E-state index contributed by atoms with van der Waals surface area (Å²) in [4.78, 5) is 18.6. The van der Waals surface area contributed by atoms with Crippen LogP contribution in [0.15, 0.2) is 0 Å². The summed E-state index contributed by atoms with van der Waals surface area (Å²) in [5.74, 6) is 1.08. The smallest absolute Gasteiger partial charge is 0.329 e. The van der Waals surface area contributed by atoms with Crippen LogP contribution in [0.4, 0.5) is 0 Å². The van der Waals surface area contributed by atoms with Gasteiger partial charge in [-0.2, -0.15) is 5.26 Å². The van der Waals surface area contributed by atoms with Crippen LogP contribution in [0.2, 0.25) is 0 Å². The van der Waals surface area contributed by atoms with Crippen molar-refractivity contribution in [1.29, 1.82) is 5.26 Å². The number of phosphoric acid groups is 1. The summed E-state index contributed by atoms with van der Waals surface area (Å²) in [6.07, 6.45) is 4.46. The monoisotopic (exact) mass is 361 g/mol. The summed E-state index contributed by atoms with van der Waals surface area (Å²) < 4.78 is 17.3. The number of rotatable bonds is 7. The highest BCUT2D eigenvalue weighted by Gasteiger charge is 2.38. The van der Waals surface area contributed by atoms with E-state index in [4.69, 9.17) is 9.79 Å². The highest BCUT2D eigenvalue weighted by atomic mass is 31.2. The first-order valence-electron chi connectivity index (χ1n) is 8.85. The fraction of sp³-hybridized carbons (Fsp3) is 0.941. The van der Waals surface area contributed by atoms with Gasteiger partial charge in [0, 0.05) is 5.92 Å². The van der Waals surface area contributed by atoms with E-state index in [1.807, 2.05) is 28.1 Å². The van der Waals surface area contributed by atoms with Crippen molar-refractivity contribution in [2.75, 3.05) is 27.7 Å². The van der Waals surface area contributed by atoms with E-state index in [1.165, 1.54) is 0 Å². The molecule has 7 heteroatoms. The van der Waals surface area contributed by atoms with Crippen molar-refractivity contribution in [3.63, 3.8) is 0 Å². The van der Waals surface area contributed by atoms with E-state index in [2.05, 4.69) is 13.0 Å². The molecule has 140 valence electrons. The third-order valence-corrected chi connectivity index (χ3v) is 5.60. The molecular formula is C17H34N2O4P+. The molecule has 6 nitrogen and oxygen atoms in total. The van der Waals surface area contributed by atoms with E-state index < -0.39 is 13.9 Å². The number of hydrogen-bond donors (Lipinski definition) is 2. The average Bonchev–Trinajstić information content (AvgIpc) is 2.57. The van der Waals surface area contributed by atoms with Gasteiger partial charge in [0.25, 0.3) is 0 Å². The Kier molecular flexibility index (Phi) is 7.90. The minimum Gasteiger partial charge on any atom is -0.329 e. The van der Waals surface area contributed by atoms with Gasteiger partial charge in [0.05, 0.1) is 27.2 Å². The summed E-state index contributed by atoms with van der Waals surface area (Å²) in [5, 5.41) is 9.02. The van der Waals surface area contributed by atoms with Crippen LogP contribution in [0.5, 0.6) is 0 Å². The summed E-state index contributed by atoms with van der Waals surface area (Å²) >= 11 is 0. The number of likely N-dealkylation sites (N-methyl/N-ethyl adjacent to an activating group) is 1. The highest BCUT2D eigenvalue weighted by molar-refractivity contribution is 7.46. The summed E-state index contributed by atoms with van der Waals surface area (Å²) in [7, 11) is 1.52. The Morgan fingerprint density at radius 1 is 1.25 bits per heavy atom. The standard InChI is InChI=1S/C17H33N2O4P/c1-13(11-18)10-15-7-6-14(2)16(9-8-15)17(12-19(3,4)5)23-24(20,21)22/h13-17H,6-10,12H2,1-5H3,(H-,20,21,22)/p+1. The summed E-state index contributed by atoms with van der Waals surface area (Å²) in [6.45, 7) is 4.69. The fourth-order valence-corrected chi connectivity index (χ4v) is 4.45. The number of hydrogen-bond acceptors (Lipinski definition) is 3. The molecule has 0 radical (unpaired) electrons. The molecule has 1 saturated carbocycles. The first-order valence-corrected chi connectivity index (χ1v) is 10.4. The zero-order valence-electron chi connectivity index (χ0n) is 15.7. The van der Waals surface area contributed by atoms with Gasteiger partial charge in [0.1, 0.15) is 12.6 Å². The quantitative estimate of drug-likeness (QED) is 0.413. The van der Waals surface area contributed by atoms with Crippen LogP contribution in [0, 0.1) is 35.0 Å². The van der Waals surface area contributed by atoms with Crippen molar-refractivity contribution in [1.82, 2.24) is 0 Å². The molecule has 5 atom stereocenters. The van der Waals surface area contributed by atoms with E-state index in [0.29, 0.717) is 22.9 Å². The molecule has 0 amide bonds. The third kappa shape index (κ3) is 8.09.